The van der Waals surface area contributed by atoms with Gasteiger partial charge in [-0.15, -0.1) is 0 Å². The maximum atomic E-state index is 12.9. The fourth-order valence-electron chi connectivity index (χ4n) is 2.97. The Morgan fingerprint density at radius 1 is 1.07 bits per heavy atom. The van der Waals surface area contributed by atoms with Crippen LogP contribution in [0.4, 0.5) is 10.5 Å². The Kier molecular flexibility index (Phi) is 5.59. The van der Waals surface area contributed by atoms with Gasteiger partial charge >= 0.3 is 12.0 Å². The smallest absolute Gasteiger partial charge is 0.335 e. The number of hydrogen-bond acceptors (Lipinski definition) is 4. The highest BCUT2D eigenvalue weighted by atomic mass is 16.4. The molecule has 1 aliphatic heterocycles. The van der Waals surface area contributed by atoms with Crippen LogP contribution < -0.4 is 10.2 Å². The molecule has 1 fully saturated rings. The molecular weight excluding hydrogens is 372 g/mol. The number of urea groups is 1. The van der Waals surface area contributed by atoms with Crippen LogP contribution in [0.1, 0.15) is 47.7 Å². The molecule has 1 heterocycles. The van der Waals surface area contributed by atoms with Crippen LogP contribution in [0.3, 0.4) is 0 Å². The van der Waals surface area contributed by atoms with E-state index in [0.29, 0.717) is 17.2 Å². The van der Waals surface area contributed by atoms with Crippen LogP contribution in [0.25, 0.3) is 6.08 Å². The molecule has 2 N–H and O–H groups in total. The second-order valence-electron chi connectivity index (χ2n) is 6.79. The first-order chi connectivity index (χ1) is 13.8. The molecule has 0 bridgehead atoms. The lowest BCUT2D eigenvalue weighted by Crippen LogP contribution is -2.54. The summed E-state index contributed by atoms with van der Waals surface area (Å²) < 4.78 is 0. The standard InChI is InChI=1S/C22H20N2O5/c1-3-13(2)15-8-10-17(11-9-15)24-20(26)18(19(25)23-22(24)29)12-14-4-6-16(7-5-14)21(27)28/h4-13H,3H2,1-2H3,(H,27,28)(H,23,25,29)/b18-12-. The molecule has 0 radical (unpaired) electrons. The molecule has 7 nitrogen and oxygen atoms in total. The Morgan fingerprint density at radius 3 is 2.24 bits per heavy atom. The van der Waals surface area contributed by atoms with Gasteiger partial charge in [0, 0.05) is 0 Å². The minimum absolute atomic E-state index is 0.0878. The van der Waals surface area contributed by atoms with Crippen LogP contribution in [-0.2, 0) is 9.59 Å². The molecule has 0 spiro atoms. The monoisotopic (exact) mass is 392 g/mol. The fraction of sp³-hybridized carbons (Fsp3) is 0.182. The third kappa shape index (κ3) is 4.08. The maximum absolute atomic E-state index is 12.9. The molecule has 0 aromatic heterocycles. The molecule has 1 atom stereocenters. The van der Waals surface area contributed by atoms with Gasteiger partial charge in [0.15, 0.2) is 0 Å². The van der Waals surface area contributed by atoms with Gasteiger partial charge in [0.25, 0.3) is 11.8 Å². The molecule has 4 amide bonds. The molecule has 2 aromatic carbocycles. The van der Waals surface area contributed by atoms with Crippen LogP contribution in [0, 0.1) is 0 Å². The quantitative estimate of drug-likeness (QED) is 0.598. The fourth-order valence-corrected chi connectivity index (χ4v) is 2.97. The zero-order valence-electron chi connectivity index (χ0n) is 16.0. The van der Waals surface area contributed by atoms with Crippen molar-refractivity contribution in [2.75, 3.05) is 4.90 Å². The zero-order chi connectivity index (χ0) is 21.1. The first kappa shape index (κ1) is 20.0. The van der Waals surface area contributed by atoms with Crippen molar-refractivity contribution in [2.45, 2.75) is 26.2 Å². The van der Waals surface area contributed by atoms with Crippen molar-refractivity contribution >= 4 is 35.6 Å². The Morgan fingerprint density at radius 2 is 1.69 bits per heavy atom. The molecule has 0 aliphatic carbocycles. The van der Waals surface area contributed by atoms with Crippen molar-refractivity contribution in [1.29, 1.82) is 0 Å². The lowest BCUT2D eigenvalue weighted by molar-refractivity contribution is -0.122. The van der Waals surface area contributed by atoms with Crippen LogP contribution in [0.15, 0.2) is 54.1 Å². The number of anilines is 1. The number of benzene rings is 2. The minimum Gasteiger partial charge on any atom is -0.478 e. The Hall–Kier alpha value is -3.74. The van der Waals surface area contributed by atoms with Crippen LogP contribution >= 0.6 is 0 Å². The van der Waals surface area contributed by atoms with Gasteiger partial charge in [-0.3, -0.25) is 14.9 Å². The predicted molar refractivity (Wildman–Crippen MR) is 108 cm³/mol. The Bertz CT molecular complexity index is 1010. The largest absolute Gasteiger partial charge is 0.478 e. The number of carbonyl (C=O) groups is 4. The number of carbonyl (C=O) groups excluding carboxylic acids is 3. The number of aromatic carboxylic acids is 1. The maximum Gasteiger partial charge on any atom is 0.335 e. The number of hydrogen-bond donors (Lipinski definition) is 2. The van der Waals surface area contributed by atoms with Crippen LogP contribution in [-0.4, -0.2) is 28.9 Å². The topological polar surface area (TPSA) is 104 Å². The summed E-state index contributed by atoms with van der Waals surface area (Å²) in [5.41, 5.74) is 1.80. The molecule has 7 heteroatoms. The summed E-state index contributed by atoms with van der Waals surface area (Å²) in [5.74, 6) is -2.26. The molecule has 148 valence electrons. The van der Waals surface area contributed by atoms with E-state index in [0.717, 1.165) is 16.9 Å². The Labute approximate surface area is 167 Å². The number of amides is 4. The van der Waals surface area contributed by atoms with Gasteiger partial charge in [0.05, 0.1) is 11.3 Å². The third-order valence-corrected chi connectivity index (χ3v) is 4.90. The predicted octanol–water partition coefficient (Wildman–Crippen LogP) is 3.56. The van der Waals surface area contributed by atoms with Gasteiger partial charge in [-0.2, -0.15) is 0 Å². The molecular formula is C22H20N2O5. The van der Waals surface area contributed by atoms with E-state index in [1.807, 2.05) is 12.1 Å². The van der Waals surface area contributed by atoms with E-state index in [-0.39, 0.29) is 11.1 Å². The number of carboxylic acids is 1. The molecule has 29 heavy (non-hydrogen) atoms. The SMILES string of the molecule is CCC(C)c1ccc(N2C(=O)NC(=O)/C(=C/c3ccc(C(=O)O)cc3)C2=O)cc1. The highest BCUT2D eigenvalue weighted by Crippen LogP contribution is 2.25. The average molecular weight is 392 g/mol. The van der Waals surface area contributed by atoms with Crippen molar-refractivity contribution in [3.05, 3.63) is 70.8 Å². The number of nitrogens with zero attached hydrogens (tertiary/aromatic N) is 1. The van der Waals surface area contributed by atoms with Crippen molar-refractivity contribution in [3.63, 3.8) is 0 Å². The van der Waals surface area contributed by atoms with Crippen LogP contribution in [0.2, 0.25) is 0 Å². The first-order valence-electron chi connectivity index (χ1n) is 9.16. The van der Waals surface area contributed by atoms with E-state index in [4.69, 9.17) is 5.11 Å². The zero-order valence-corrected chi connectivity index (χ0v) is 16.0. The van der Waals surface area contributed by atoms with Crippen molar-refractivity contribution < 1.29 is 24.3 Å². The molecule has 1 aliphatic rings. The summed E-state index contributed by atoms with van der Waals surface area (Å²) in [6, 6.07) is 12.0. The van der Waals surface area contributed by atoms with Crippen molar-refractivity contribution in [2.24, 2.45) is 0 Å². The van der Waals surface area contributed by atoms with E-state index in [1.165, 1.54) is 30.3 Å². The van der Waals surface area contributed by atoms with Gasteiger partial charge in [-0.25, -0.2) is 14.5 Å². The Balaban J connectivity index is 1.92. The highest BCUT2D eigenvalue weighted by Gasteiger charge is 2.36. The van der Waals surface area contributed by atoms with Gasteiger partial charge in [0.2, 0.25) is 0 Å². The van der Waals surface area contributed by atoms with E-state index >= 15 is 0 Å². The minimum atomic E-state index is -1.08. The van der Waals surface area contributed by atoms with E-state index in [9.17, 15) is 19.2 Å². The second kappa shape index (κ2) is 8.10. The molecule has 1 saturated heterocycles. The summed E-state index contributed by atoms with van der Waals surface area (Å²) in [6.07, 6.45) is 2.29. The number of nitrogens with one attached hydrogen (secondary N) is 1. The number of barbiturate groups is 1. The lowest BCUT2D eigenvalue weighted by atomic mass is 9.98. The average Bonchev–Trinajstić information content (AvgIpc) is 2.71. The normalized spacial score (nSPS) is 16.7. The molecule has 1 unspecified atom stereocenters. The summed E-state index contributed by atoms with van der Waals surface area (Å²) >= 11 is 0. The summed E-state index contributed by atoms with van der Waals surface area (Å²) in [6.45, 7) is 4.16. The second-order valence-corrected chi connectivity index (χ2v) is 6.79. The van der Waals surface area contributed by atoms with E-state index in [1.54, 1.807) is 12.1 Å². The summed E-state index contributed by atoms with van der Waals surface area (Å²) in [5, 5.41) is 11.1. The highest BCUT2D eigenvalue weighted by molar-refractivity contribution is 6.39. The number of imide groups is 2. The summed E-state index contributed by atoms with van der Waals surface area (Å²) in [4.78, 5) is 49.2. The van der Waals surface area contributed by atoms with Crippen molar-refractivity contribution in [1.82, 2.24) is 5.32 Å². The molecule has 0 saturated carbocycles. The first-order valence-corrected chi connectivity index (χ1v) is 9.16. The van der Waals surface area contributed by atoms with Gasteiger partial charge in [0.1, 0.15) is 5.57 Å². The van der Waals surface area contributed by atoms with Crippen LogP contribution in [0.5, 0.6) is 0 Å². The lowest BCUT2D eigenvalue weighted by Gasteiger charge is -2.26. The van der Waals surface area contributed by atoms with Gasteiger partial charge in [-0.05, 0) is 53.8 Å². The van der Waals surface area contributed by atoms with E-state index in [2.05, 4.69) is 19.2 Å². The van der Waals surface area contributed by atoms with E-state index < -0.39 is 23.8 Å². The van der Waals surface area contributed by atoms with Crippen molar-refractivity contribution in [3.8, 4) is 0 Å². The van der Waals surface area contributed by atoms with Gasteiger partial charge in [-0.1, -0.05) is 38.1 Å². The summed E-state index contributed by atoms with van der Waals surface area (Å²) in [7, 11) is 0. The van der Waals surface area contributed by atoms with Gasteiger partial charge < -0.3 is 5.11 Å². The number of rotatable bonds is 5. The molecule has 2 aromatic rings. The molecule has 3 rings (SSSR count). The third-order valence-electron chi connectivity index (χ3n) is 4.90. The number of carboxylic acid groups (broad SMARTS) is 1.